The summed E-state index contributed by atoms with van der Waals surface area (Å²) in [5.41, 5.74) is 4.70. The van der Waals surface area contributed by atoms with Crippen LogP contribution < -0.4 is 10.5 Å². The number of methoxy groups -OCH3 is 1. The summed E-state index contributed by atoms with van der Waals surface area (Å²) >= 11 is 0. The average Bonchev–Trinajstić information content (AvgIpc) is 2.97. The molecule has 0 unspecified atom stereocenters. The highest BCUT2D eigenvalue weighted by Crippen LogP contribution is 2.51. The van der Waals surface area contributed by atoms with Crippen LogP contribution in [0.4, 0.5) is 13.2 Å². The molecule has 0 radical (unpaired) electrons. The molecule has 33 heavy (non-hydrogen) atoms. The molecule has 0 saturated heterocycles. The number of likely N-dealkylation sites (N-methyl/N-ethyl adjacent to an activating group) is 1. The molecule has 2 aromatic carbocycles. The van der Waals surface area contributed by atoms with Crippen LogP contribution in [0.2, 0.25) is 0 Å². The Bertz CT molecular complexity index is 1120. The largest absolute Gasteiger partial charge is 0.487 e. The van der Waals surface area contributed by atoms with E-state index in [-0.39, 0.29) is 18.3 Å². The topological polar surface area (TPSA) is 77.2 Å². The third-order valence-electron chi connectivity index (χ3n) is 6.30. The van der Waals surface area contributed by atoms with Crippen LogP contribution in [-0.4, -0.2) is 43.1 Å². The van der Waals surface area contributed by atoms with Gasteiger partial charge < -0.3 is 15.2 Å². The van der Waals surface area contributed by atoms with Crippen molar-refractivity contribution in [1.82, 2.24) is 4.90 Å². The molecule has 4 rings (SSSR count). The third kappa shape index (κ3) is 4.06. The Morgan fingerprint density at radius 2 is 1.94 bits per heavy atom. The number of nitrogens with two attached hydrogens (primary N) is 1. The van der Waals surface area contributed by atoms with Crippen molar-refractivity contribution in [3.63, 3.8) is 0 Å². The fourth-order valence-electron chi connectivity index (χ4n) is 4.66. The van der Waals surface area contributed by atoms with Crippen molar-refractivity contribution in [2.75, 3.05) is 20.8 Å². The number of carbonyl (C=O) groups excluding carboxylic acids is 1. The van der Waals surface area contributed by atoms with Crippen molar-refractivity contribution in [1.29, 1.82) is 0 Å². The average molecular weight is 461 g/mol. The van der Waals surface area contributed by atoms with Crippen LogP contribution >= 0.6 is 0 Å². The minimum absolute atomic E-state index is 0.0940. The fraction of sp³-hybridized carbons (Fsp3) is 0.417. The van der Waals surface area contributed by atoms with E-state index in [2.05, 4.69) is 4.99 Å². The van der Waals surface area contributed by atoms with E-state index in [0.29, 0.717) is 35.5 Å². The van der Waals surface area contributed by atoms with Crippen LogP contribution in [0.5, 0.6) is 5.75 Å². The van der Waals surface area contributed by atoms with Gasteiger partial charge in [-0.1, -0.05) is 18.2 Å². The van der Waals surface area contributed by atoms with Crippen molar-refractivity contribution in [3.05, 3.63) is 53.6 Å². The number of aliphatic imine (C=N–C) groups is 1. The lowest BCUT2D eigenvalue weighted by Gasteiger charge is -2.43. The molecule has 9 heteroatoms. The first-order chi connectivity index (χ1) is 15.5. The number of ether oxygens (including phenoxy) is 2. The maximum Gasteiger partial charge on any atom is 0.416 e. The molecular formula is C24H26F3N3O3. The van der Waals surface area contributed by atoms with Gasteiger partial charge in [-0.15, -0.1) is 0 Å². The highest BCUT2D eigenvalue weighted by atomic mass is 19.4. The molecule has 0 aromatic heterocycles. The predicted octanol–water partition coefficient (Wildman–Crippen LogP) is 4.32. The van der Waals surface area contributed by atoms with E-state index in [1.807, 2.05) is 6.92 Å². The molecule has 2 N–H and O–H groups in total. The number of carbonyl (C=O) groups is 1. The number of benzene rings is 2. The first kappa shape index (κ1) is 23.1. The summed E-state index contributed by atoms with van der Waals surface area (Å²) in [5.74, 6) is 0.275. The van der Waals surface area contributed by atoms with Gasteiger partial charge in [0.05, 0.1) is 5.56 Å². The second-order valence-electron chi connectivity index (χ2n) is 8.81. The van der Waals surface area contributed by atoms with Gasteiger partial charge in [0.15, 0.2) is 11.5 Å². The zero-order valence-corrected chi connectivity index (χ0v) is 18.7. The Labute approximate surface area is 190 Å². The van der Waals surface area contributed by atoms with E-state index >= 15 is 0 Å². The molecule has 0 fully saturated rings. The molecule has 1 spiro atoms. The molecule has 2 atom stereocenters. The Kier molecular flexibility index (Phi) is 5.64. The first-order valence-corrected chi connectivity index (χ1v) is 10.6. The molecular weight excluding hydrogens is 435 g/mol. The lowest BCUT2D eigenvalue weighted by Crippen LogP contribution is -2.50. The summed E-state index contributed by atoms with van der Waals surface area (Å²) in [6.45, 7) is 2.47. The van der Waals surface area contributed by atoms with E-state index in [9.17, 15) is 18.0 Å². The van der Waals surface area contributed by atoms with Crippen molar-refractivity contribution < 1.29 is 27.4 Å². The molecule has 2 aliphatic heterocycles. The van der Waals surface area contributed by atoms with Crippen LogP contribution in [0.3, 0.4) is 0 Å². The summed E-state index contributed by atoms with van der Waals surface area (Å²) in [5, 5.41) is 0. The molecule has 176 valence electrons. The molecule has 2 aliphatic rings. The van der Waals surface area contributed by atoms with Crippen molar-refractivity contribution in [3.8, 4) is 16.9 Å². The smallest absolute Gasteiger partial charge is 0.416 e. The number of halogens is 3. The van der Waals surface area contributed by atoms with Gasteiger partial charge in [0.2, 0.25) is 0 Å². The van der Waals surface area contributed by atoms with Gasteiger partial charge in [0.25, 0.3) is 5.91 Å². The Morgan fingerprint density at radius 3 is 2.58 bits per heavy atom. The van der Waals surface area contributed by atoms with Crippen LogP contribution in [0.15, 0.2) is 47.5 Å². The molecule has 6 nitrogen and oxygen atoms in total. The molecule has 0 bridgehead atoms. The van der Waals surface area contributed by atoms with Gasteiger partial charge in [-0.2, -0.15) is 13.2 Å². The Hall–Kier alpha value is -3.07. The quantitative estimate of drug-likeness (QED) is 0.673. The van der Waals surface area contributed by atoms with E-state index in [1.54, 1.807) is 38.4 Å². The van der Waals surface area contributed by atoms with E-state index in [4.69, 9.17) is 15.2 Å². The Balaban J connectivity index is 1.82. The summed E-state index contributed by atoms with van der Waals surface area (Å²) in [4.78, 5) is 19.3. The standard InChI is InChI=1S/C24H26F3N3O3/c1-22(10-5-11-32-3)14-23(20(31)30(2)21(28)29-23)18-13-16(8-9-19(18)33-22)15-6-4-7-17(12-15)24(25,26)27/h4,6-9,12-13H,5,10-11,14H2,1-3H3,(H2,28,29)/t22-,23+/m1/s1. The highest BCUT2D eigenvalue weighted by Gasteiger charge is 2.56. The third-order valence-corrected chi connectivity index (χ3v) is 6.30. The number of amides is 1. The minimum atomic E-state index is -4.46. The molecule has 2 aromatic rings. The zero-order valence-electron chi connectivity index (χ0n) is 18.7. The van der Waals surface area contributed by atoms with Crippen LogP contribution in [0, 0.1) is 0 Å². The number of hydrogen-bond acceptors (Lipinski definition) is 5. The van der Waals surface area contributed by atoms with Gasteiger partial charge in [-0.25, -0.2) is 4.99 Å². The van der Waals surface area contributed by atoms with Gasteiger partial charge in [-0.3, -0.25) is 9.69 Å². The van der Waals surface area contributed by atoms with Crippen LogP contribution in [0.25, 0.3) is 11.1 Å². The molecule has 1 amide bonds. The summed E-state index contributed by atoms with van der Waals surface area (Å²) in [6, 6.07) is 10.2. The van der Waals surface area contributed by atoms with Gasteiger partial charge >= 0.3 is 6.18 Å². The van der Waals surface area contributed by atoms with Crippen LogP contribution in [0.1, 0.15) is 37.3 Å². The fourth-order valence-corrected chi connectivity index (χ4v) is 4.66. The predicted molar refractivity (Wildman–Crippen MR) is 118 cm³/mol. The number of nitrogens with zero attached hydrogens (tertiary/aromatic N) is 2. The van der Waals surface area contributed by atoms with Crippen molar-refractivity contribution in [2.45, 2.75) is 43.5 Å². The number of alkyl halides is 3. The van der Waals surface area contributed by atoms with Crippen LogP contribution in [-0.2, 0) is 21.2 Å². The van der Waals surface area contributed by atoms with Crippen molar-refractivity contribution >= 4 is 11.9 Å². The molecule has 0 aliphatic carbocycles. The monoisotopic (exact) mass is 461 g/mol. The SMILES string of the molecule is COCCC[C@]1(C)C[C@]2(N=C(N)N(C)C2=O)c2cc(-c3cccc(C(F)(F)F)c3)ccc2O1. The zero-order chi connectivity index (χ0) is 24.0. The number of guanidine groups is 1. The maximum absolute atomic E-state index is 13.4. The minimum Gasteiger partial charge on any atom is -0.487 e. The summed E-state index contributed by atoms with van der Waals surface area (Å²) < 4.78 is 51.2. The number of fused-ring (bicyclic) bond motifs is 2. The normalized spacial score (nSPS) is 24.6. The lowest BCUT2D eigenvalue weighted by atomic mass is 9.74. The number of rotatable bonds is 5. The van der Waals surface area contributed by atoms with Crippen molar-refractivity contribution in [2.24, 2.45) is 10.7 Å². The summed E-state index contributed by atoms with van der Waals surface area (Å²) in [6.07, 6.45) is -2.85. The second kappa shape index (κ2) is 8.06. The number of hydrogen-bond donors (Lipinski definition) is 1. The van der Waals surface area contributed by atoms with Gasteiger partial charge in [0, 0.05) is 32.7 Å². The lowest BCUT2D eigenvalue weighted by molar-refractivity contribution is -0.137. The first-order valence-electron chi connectivity index (χ1n) is 10.6. The van der Waals surface area contributed by atoms with E-state index in [0.717, 1.165) is 18.6 Å². The molecule has 0 saturated carbocycles. The van der Waals surface area contributed by atoms with Gasteiger partial charge in [0.1, 0.15) is 11.4 Å². The van der Waals surface area contributed by atoms with E-state index in [1.165, 1.54) is 11.0 Å². The Morgan fingerprint density at radius 1 is 1.21 bits per heavy atom. The molecule has 2 heterocycles. The highest BCUT2D eigenvalue weighted by molar-refractivity contribution is 6.07. The maximum atomic E-state index is 13.4. The summed E-state index contributed by atoms with van der Waals surface area (Å²) in [7, 11) is 3.18. The second-order valence-corrected chi connectivity index (χ2v) is 8.81. The van der Waals surface area contributed by atoms with Gasteiger partial charge in [-0.05, 0) is 55.2 Å². The van der Waals surface area contributed by atoms with E-state index < -0.39 is 22.9 Å².